The van der Waals surface area contributed by atoms with Crippen molar-refractivity contribution in [2.45, 2.75) is 34.2 Å². The van der Waals surface area contributed by atoms with Crippen molar-refractivity contribution in [2.24, 2.45) is 0 Å². The number of pyridine rings is 1. The molecule has 1 nitrogen and oxygen atoms in total. The Bertz CT molecular complexity index is 506. The van der Waals surface area contributed by atoms with Gasteiger partial charge in [-0.05, 0) is 19.4 Å². The molecule has 96 valence electrons. The highest BCUT2D eigenvalue weighted by molar-refractivity contribution is 5.21. The van der Waals surface area contributed by atoms with Gasteiger partial charge in [-0.15, -0.1) is 0 Å². The predicted molar refractivity (Wildman–Crippen MR) is 71.1 cm³/mol. The molecule has 0 aliphatic rings. The third-order valence-electron chi connectivity index (χ3n) is 3.19. The molecule has 18 heavy (non-hydrogen) atoms. The summed E-state index contributed by atoms with van der Waals surface area (Å²) in [6.07, 6.45) is 0. The highest BCUT2D eigenvalue weighted by Crippen LogP contribution is 2.06. The van der Waals surface area contributed by atoms with E-state index in [0.29, 0.717) is 0 Å². The Morgan fingerprint density at radius 2 is 1.28 bits per heavy atom. The van der Waals surface area contributed by atoms with Crippen LogP contribution in [0.15, 0.2) is 36.4 Å². The van der Waals surface area contributed by atoms with Crippen LogP contribution in [-0.4, -0.2) is 0 Å². The molecule has 0 bridgehead atoms. The number of aromatic nitrogens is 1. The Morgan fingerprint density at radius 3 is 1.78 bits per heavy atom. The lowest BCUT2D eigenvalue weighted by molar-refractivity contribution is -0.700. The summed E-state index contributed by atoms with van der Waals surface area (Å²) in [5, 5.41) is 0. The van der Waals surface area contributed by atoms with Gasteiger partial charge in [0.05, 0.1) is 0 Å². The van der Waals surface area contributed by atoms with Crippen LogP contribution in [-0.2, 0) is 6.54 Å². The van der Waals surface area contributed by atoms with Gasteiger partial charge in [-0.2, -0.15) is 4.57 Å². The standard InChI is InChI=1S/C16H20N.ClH/c1-12-5-7-16(8-6-12)11-17-14(3)9-13(2)10-15(17)4;/h5-10H,11H2,1-4H3;1H/q+1;/p-1. The van der Waals surface area contributed by atoms with E-state index in [1.165, 1.54) is 28.1 Å². The summed E-state index contributed by atoms with van der Waals surface area (Å²) in [4.78, 5) is 0. The number of hydrogen-bond acceptors (Lipinski definition) is 0. The zero-order valence-electron chi connectivity index (χ0n) is 11.5. The molecule has 0 saturated carbocycles. The van der Waals surface area contributed by atoms with Gasteiger partial charge in [0.1, 0.15) is 0 Å². The summed E-state index contributed by atoms with van der Waals surface area (Å²) in [5.74, 6) is 0. The molecule has 0 fully saturated rings. The van der Waals surface area contributed by atoms with Crippen molar-refractivity contribution in [1.82, 2.24) is 0 Å². The van der Waals surface area contributed by atoms with Crippen molar-refractivity contribution in [3.63, 3.8) is 0 Å². The van der Waals surface area contributed by atoms with E-state index < -0.39 is 0 Å². The van der Waals surface area contributed by atoms with Crippen LogP contribution in [0.25, 0.3) is 0 Å². The third-order valence-corrected chi connectivity index (χ3v) is 3.19. The van der Waals surface area contributed by atoms with Gasteiger partial charge in [-0.25, -0.2) is 0 Å². The monoisotopic (exact) mass is 261 g/mol. The number of rotatable bonds is 2. The molecule has 0 saturated heterocycles. The highest BCUT2D eigenvalue weighted by Gasteiger charge is 2.11. The van der Waals surface area contributed by atoms with E-state index in [4.69, 9.17) is 0 Å². The maximum absolute atomic E-state index is 2.36. The number of hydrogen-bond donors (Lipinski definition) is 0. The van der Waals surface area contributed by atoms with Gasteiger partial charge in [0.15, 0.2) is 17.9 Å². The largest absolute Gasteiger partial charge is 1.00 e. The van der Waals surface area contributed by atoms with Gasteiger partial charge < -0.3 is 12.4 Å². The fraction of sp³-hybridized carbons (Fsp3) is 0.312. The molecule has 2 rings (SSSR count). The second kappa shape index (κ2) is 6.01. The van der Waals surface area contributed by atoms with Gasteiger partial charge in [0.25, 0.3) is 0 Å². The van der Waals surface area contributed by atoms with Crippen LogP contribution in [0.2, 0.25) is 0 Å². The number of aryl methyl sites for hydroxylation is 4. The number of halogens is 1. The SMILES string of the molecule is Cc1ccc(C[n+]2c(C)cc(C)cc2C)cc1.[Cl-]. The van der Waals surface area contributed by atoms with Crippen LogP contribution in [0.1, 0.15) is 28.1 Å². The average molecular weight is 262 g/mol. The smallest absolute Gasteiger partial charge is 0.179 e. The van der Waals surface area contributed by atoms with Crippen LogP contribution >= 0.6 is 0 Å². The van der Waals surface area contributed by atoms with E-state index in [1.807, 2.05) is 0 Å². The molecular formula is C16H20ClN. The quantitative estimate of drug-likeness (QED) is 0.683. The minimum Gasteiger partial charge on any atom is -1.00 e. The van der Waals surface area contributed by atoms with Crippen LogP contribution in [0.3, 0.4) is 0 Å². The molecule has 0 radical (unpaired) electrons. The molecule has 1 heterocycles. The molecule has 0 aliphatic heterocycles. The first kappa shape index (κ1) is 14.7. The summed E-state index contributed by atoms with van der Waals surface area (Å²) >= 11 is 0. The molecule has 2 heteroatoms. The molecule has 0 atom stereocenters. The molecule has 0 amide bonds. The maximum atomic E-state index is 2.36. The van der Waals surface area contributed by atoms with Crippen molar-refractivity contribution >= 4 is 0 Å². The van der Waals surface area contributed by atoms with Crippen molar-refractivity contribution in [1.29, 1.82) is 0 Å². The number of benzene rings is 1. The van der Waals surface area contributed by atoms with Gasteiger partial charge in [-0.1, -0.05) is 29.8 Å². The topological polar surface area (TPSA) is 3.88 Å². The molecular weight excluding hydrogens is 242 g/mol. The minimum atomic E-state index is 0. The van der Waals surface area contributed by atoms with Crippen LogP contribution in [0.4, 0.5) is 0 Å². The highest BCUT2D eigenvalue weighted by atomic mass is 35.5. The lowest BCUT2D eigenvalue weighted by Crippen LogP contribution is -3.00. The Kier molecular flexibility index (Phi) is 4.92. The first-order valence-electron chi connectivity index (χ1n) is 6.09. The van der Waals surface area contributed by atoms with E-state index >= 15 is 0 Å². The van der Waals surface area contributed by atoms with Gasteiger partial charge >= 0.3 is 0 Å². The second-order valence-electron chi connectivity index (χ2n) is 4.89. The average Bonchev–Trinajstić information content (AvgIpc) is 2.26. The second-order valence-corrected chi connectivity index (χ2v) is 4.89. The van der Waals surface area contributed by atoms with Crippen LogP contribution in [0.5, 0.6) is 0 Å². The molecule has 1 aromatic carbocycles. The van der Waals surface area contributed by atoms with Crippen molar-refractivity contribution < 1.29 is 17.0 Å². The van der Waals surface area contributed by atoms with Crippen molar-refractivity contribution in [3.05, 3.63) is 64.5 Å². The fourth-order valence-corrected chi connectivity index (χ4v) is 2.26. The normalized spacial score (nSPS) is 10.0. The Labute approximate surface area is 116 Å². The summed E-state index contributed by atoms with van der Waals surface area (Å²) in [5.41, 5.74) is 6.65. The zero-order valence-corrected chi connectivity index (χ0v) is 12.3. The Morgan fingerprint density at radius 1 is 0.778 bits per heavy atom. The molecule has 2 aromatic rings. The van der Waals surface area contributed by atoms with Crippen LogP contribution < -0.4 is 17.0 Å². The minimum absolute atomic E-state index is 0. The Balaban J connectivity index is 0.00000162. The first-order valence-corrected chi connectivity index (χ1v) is 6.09. The van der Waals surface area contributed by atoms with Gasteiger partial charge in [0, 0.05) is 31.5 Å². The molecule has 0 N–H and O–H groups in total. The Hall–Kier alpha value is -1.34. The van der Waals surface area contributed by atoms with Gasteiger partial charge in [-0.3, -0.25) is 0 Å². The van der Waals surface area contributed by atoms with E-state index in [9.17, 15) is 0 Å². The molecule has 0 aliphatic carbocycles. The fourth-order valence-electron chi connectivity index (χ4n) is 2.26. The van der Waals surface area contributed by atoms with Crippen molar-refractivity contribution in [3.8, 4) is 0 Å². The van der Waals surface area contributed by atoms with E-state index in [1.54, 1.807) is 0 Å². The third kappa shape index (κ3) is 3.33. The number of nitrogens with zero attached hydrogens (tertiary/aromatic N) is 1. The lowest BCUT2D eigenvalue weighted by atomic mass is 10.1. The predicted octanol–water partition coefficient (Wildman–Crippen LogP) is 0.260. The van der Waals surface area contributed by atoms with Crippen molar-refractivity contribution in [2.75, 3.05) is 0 Å². The van der Waals surface area contributed by atoms with Crippen LogP contribution in [0, 0.1) is 27.7 Å². The molecule has 0 unspecified atom stereocenters. The molecule has 1 aromatic heterocycles. The zero-order chi connectivity index (χ0) is 12.4. The maximum Gasteiger partial charge on any atom is 0.179 e. The van der Waals surface area contributed by atoms with Gasteiger partial charge in [0.2, 0.25) is 0 Å². The summed E-state index contributed by atoms with van der Waals surface area (Å²) < 4.78 is 2.36. The van der Waals surface area contributed by atoms with E-state index in [0.717, 1.165) is 6.54 Å². The lowest BCUT2D eigenvalue weighted by Gasteiger charge is -2.06. The van der Waals surface area contributed by atoms with E-state index in [2.05, 4.69) is 68.7 Å². The first-order chi connectivity index (χ1) is 8.06. The summed E-state index contributed by atoms with van der Waals surface area (Å²) in [6, 6.07) is 13.2. The summed E-state index contributed by atoms with van der Waals surface area (Å²) in [7, 11) is 0. The summed E-state index contributed by atoms with van der Waals surface area (Å²) in [6.45, 7) is 9.58. The van der Waals surface area contributed by atoms with E-state index in [-0.39, 0.29) is 12.4 Å². The molecule has 0 spiro atoms.